The van der Waals surface area contributed by atoms with Crippen molar-refractivity contribution < 1.29 is 4.79 Å². The third-order valence-corrected chi connectivity index (χ3v) is 1.73. The lowest BCUT2D eigenvalue weighted by Gasteiger charge is -2.08. The van der Waals surface area contributed by atoms with Gasteiger partial charge in [0, 0.05) is 6.42 Å². The molecule has 62 valence electrons. The summed E-state index contributed by atoms with van der Waals surface area (Å²) in [5, 5.41) is 0. The van der Waals surface area contributed by atoms with Gasteiger partial charge in [0.2, 0.25) is 0 Å². The Hall–Kier alpha value is -0.810. The number of Topliss-reactive ketones (excluding diaryl/α,β-unsaturated/α-hetero) is 1. The van der Waals surface area contributed by atoms with Crippen molar-refractivity contribution in [3.63, 3.8) is 0 Å². The largest absolute Gasteiger partial charge is 0.330 e. The van der Waals surface area contributed by atoms with Gasteiger partial charge in [-0.15, -0.1) is 6.42 Å². The van der Waals surface area contributed by atoms with Gasteiger partial charge in [0.05, 0.1) is 6.42 Å². The van der Waals surface area contributed by atoms with Gasteiger partial charge in [0.25, 0.3) is 0 Å². The zero-order valence-electron chi connectivity index (χ0n) is 6.97. The number of hydrogen-bond donors (Lipinski definition) is 1. The van der Waals surface area contributed by atoms with E-state index in [4.69, 9.17) is 12.2 Å². The third-order valence-electron chi connectivity index (χ3n) is 1.73. The minimum atomic E-state index is 0.129. The summed E-state index contributed by atoms with van der Waals surface area (Å²) in [6.07, 6.45) is 6.72. The van der Waals surface area contributed by atoms with E-state index in [2.05, 4.69) is 5.92 Å². The molecular formula is C9H15NO. The Kier molecular flexibility index (Phi) is 5.50. The number of carbonyl (C=O) groups excluding carboxylic acids is 1. The third kappa shape index (κ3) is 4.58. The maximum Gasteiger partial charge on any atom is 0.145 e. The molecule has 0 heterocycles. The van der Waals surface area contributed by atoms with Gasteiger partial charge in [-0.1, -0.05) is 19.3 Å². The lowest BCUT2D eigenvalue weighted by atomic mass is 9.99. The van der Waals surface area contributed by atoms with Crippen molar-refractivity contribution in [2.24, 2.45) is 11.7 Å². The van der Waals surface area contributed by atoms with Crippen LogP contribution in [0.5, 0.6) is 0 Å². The first-order valence-corrected chi connectivity index (χ1v) is 3.89. The van der Waals surface area contributed by atoms with Crippen LogP contribution in [-0.4, -0.2) is 12.3 Å². The van der Waals surface area contributed by atoms with Crippen molar-refractivity contribution in [2.45, 2.75) is 26.2 Å². The fraction of sp³-hybridized carbons (Fsp3) is 0.667. The summed E-state index contributed by atoms with van der Waals surface area (Å²) in [5.74, 6) is 2.78. The summed E-state index contributed by atoms with van der Waals surface area (Å²) >= 11 is 0. The molecule has 0 amide bonds. The Morgan fingerprint density at radius 1 is 1.73 bits per heavy atom. The zero-order chi connectivity index (χ0) is 8.69. The van der Waals surface area contributed by atoms with Crippen molar-refractivity contribution in [3.8, 4) is 12.3 Å². The summed E-state index contributed by atoms with van der Waals surface area (Å²) in [6, 6.07) is 0. The Morgan fingerprint density at radius 2 is 2.36 bits per heavy atom. The number of hydrogen-bond acceptors (Lipinski definition) is 2. The van der Waals surface area contributed by atoms with Crippen LogP contribution >= 0.6 is 0 Å². The minimum Gasteiger partial charge on any atom is -0.330 e. The molecule has 0 saturated heterocycles. The molecule has 1 atom stereocenters. The number of ketones is 1. The number of carbonyl (C=O) groups is 1. The molecule has 0 aliphatic heterocycles. The standard InChI is InChI=1S/C9H15NO/c1-3-5-9(11)6-8(4-2)7-10/h1,8H,4-7,10H2,2H3. The predicted octanol–water partition coefficient (Wildman–Crippen LogP) is 0.954. The van der Waals surface area contributed by atoms with Crippen LogP contribution in [-0.2, 0) is 4.79 Å². The van der Waals surface area contributed by atoms with Crippen molar-refractivity contribution in [1.29, 1.82) is 0 Å². The van der Waals surface area contributed by atoms with Crippen LogP contribution in [0.4, 0.5) is 0 Å². The van der Waals surface area contributed by atoms with E-state index in [0.29, 0.717) is 18.9 Å². The summed E-state index contributed by atoms with van der Waals surface area (Å²) in [4.78, 5) is 11.0. The minimum absolute atomic E-state index is 0.129. The zero-order valence-corrected chi connectivity index (χ0v) is 6.97. The van der Waals surface area contributed by atoms with Gasteiger partial charge >= 0.3 is 0 Å². The molecule has 0 aromatic carbocycles. The quantitative estimate of drug-likeness (QED) is 0.598. The molecule has 0 aliphatic carbocycles. The highest BCUT2D eigenvalue weighted by Crippen LogP contribution is 2.07. The highest BCUT2D eigenvalue weighted by atomic mass is 16.1. The second-order valence-corrected chi connectivity index (χ2v) is 2.63. The molecule has 11 heavy (non-hydrogen) atoms. The molecule has 0 fully saturated rings. The second kappa shape index (κ2) is 5.94. The predicted molar refractivity (Wildman–Crippen MR) is 45.9 cm³/mol. The van der Waals surface area contributed by atoms with Crippen LogP contribution in [0.3, 0.4) is 0 Å². The fourth-order valence-corrected chi connectivity index (χ4v) is 0.902. The Balaban J connectivity index is 3.64. The average molecular weight is 153 g/mol. The number of terminal acetylenes is 1. The van der Waals surface area contributed by atoms with E-state index < -0.39 is 0 Å². The second-order valence-electron chi connectivity index (χ2n) is 2.63. The van der Waals surface area contributed by atoms with Gasteiger partial charge in [-0.05, 0) is 12.5 Å². The van der Waals surface area contributed by atoms with Crippen LogP contribution in [0, 0.1) is 18.3 Å². The molecule has 2 N–H and O–H groups in total. The molecular weight excluding hydrogens is 138 g/mol. The molecule has 2 heteroatoms. The Morgan fingerprint density at radius 3 is 2.73 bits per heavy atom. The van der Waals surface area contributed by atoms with Gasteiger partial charge < -0.3 is 5.73 Å². The van der Waals surface area contributed by atoms with Gasteiger partial charge in [-0.3, -0.25) is 4.79 Å². The van der Waals surface area contributed by atoms with Crippen molar-refractivity contribution >= 4 is 5.78 Å². The van der Waals surface area contributed by atoms with Gasteiger partial charge in [0.15, 0.2) is 0 Å². The van der Waals surface area contributed by atoms with E-state index in [1.807, 2.05) is 6.92 Å². The summed E-state index contributed by atoms with van der Waals surface area (Å²) in [5.41, 5.74) is 5.42. The highest BCUT2D eigenvalue weighted by molar-refractivity contribution is 5.80. The molecule has 0 aromatic rings. The molecule has 0 aromatic heterocycles. The van der Waals surface area contributed by atoms with Crippen molar-refractivity contribution in [1.82, 2.24) is 0 Å². The average Bonchev–Trinajstić information content (AvgIpc) is 2.01. The monoisotopic (exact) mass is 153 g/mol. The van der Waals surface area contributed by atoms with Gasteiger partial charge in [-0.2, -0.15) is 0 Å². The van der Waals surface area contributed by atoms with E-state index >= 15 is 0 Å². The van der Waals surface area contributed by atoms with E-state index in [-0.39, 0.29) is 12.2 Å². The molecule has 0 radical (unpaired) electrons. The van der Waals surface area contributed by atoms with E-state index in [1.165, 1.54) is 0 Å². The number of nitrogens with two attached hydrogens (primary N) is 1. The van der Waals surface area contributed by atoms with E-state index in [1.54, 1.807) is 0 Å². The SMILES string of the molecule is C#CCC(=O)CC(CC)CN. The van der Waals surface area contributed by atoms with E-state index in [0.717, 1.165) is 6.42 Å². The Bertz CT molecular complexity index is 153. The molecule has 1 unspecified atom stereocenters. The molecule has 0 bridgehead atoms. The first-order valence-electron chi connectivity index (χ1n) is 3.89. The summed E-state index contributed by atoms with van der Waals surface area (Å²) in [6.45, 7) is 2.60. The first-order chi connectivity index (χ1) is 5.24. The van der Waals surface area contributed by atoms with Crippen LogP contribution < -0.4 is 5.73 Å². The first kappa shape index (κ1) is 10.2. The number of rotatable bonds is 5. The maximum atomic E-state index is 11.0. The smallest absolute Gasteiger partial charge is 0.145 e. The van der Waals surface area contributed by atoms with Crippen LogP contribution in [0.25, 0.3) is 0 Å². The maximum absolute atomic E-state index is 11.0. The van der Waals surface area contributed by atoms with Gasteiger partial charge in [0.1, 0.15) is 5.78 Å². The molecule has 2 nitrogen and oxygen atoms in total. The molecule has 0 spiro atoms. The van der Waals surface area contributed by atoms with Crippen molar-refractivity contribution in [2.75, 3.05) is 6.54 Å². The summed E-state index contributed by atoms with van der Waals surface area (Å²) in [7, 11) is 0. The van der Waals surface area contributed by atoms with Crippen LogP contribution in [0.1, 0.15) is 26.2 Å². The highest BCUT2D eigenvalue weighted by Gasteiger charge is 2.08. The summed E-state index contributed by atoms with van der Waals surface area (Å²) < 4.78 is 0. The molecule has 0 rings (SSSR count). The van der Waals surface area contributed by atoms with Crippen LogP contribution in [0.15, 0.2) is 0 Å². The lowest BCUT2D eigenvalue weighted by Crippen LogP contribution is -2.17. The normalized spacial score (nSPS) is 12.1. The molecule has 0 aliphatic rings. The van der Waals surface area contributed by atoms with Gasteiger partial charge in [-0.25, -0.2) is 0 Å². The van der Waals surface area contributed by atoms with Crippen LogP contribution in [0.2, 0.25) is 0 Å². The topological polar surface area (TPSA) is 43.1 Å². The molecule has 0 saturated carbocycles. The fourth-order valence-electron chi connectivity index (χ4n) is 0.902. The Labute approximate surface area is 68.2 Å². The van der Waals surface area contributed by atoms with Crippen molar-refractivity contribution in [3.05, 3.63) is 0 Å². The van der Waals surface area contributed by atoms with E-state index in [9.17, 15) is 4.79 Å². The lowest BCUT2D eigenvalue weighted by molar-refractivity contribution is -0.118.